The van der Waals surface area contributed by atoms with Crippen LogP contribution in [0.2, 0.25) is 0 Å². The van der Waals surface area contributed by atoms with Gasteiger partial charge in [-0.25, -0.2) is 8.78 Å². The molecule has 21 heavy (non-hydrogen) atoms. The fourth-order valence-electron chi connectivity index (χ4n) is 3.04. The highest BCUT2D eigenvalue weighted by molar-refractivity contribution is 5.98. The number of Topliss-reactive ketones (excluding diaryl/α,β-unsaturated/α-hetero) is 1. The second kappa shape index (κ2) is 4.76. The predicted molar refractivity (Wildman–Crippen MR) is 72.0 cm³/mol. The van der Waals surface area contributed by atoms with Crippen molar-refractivity contribution in [1.29, 1.82) is 0 Å². The van der Waals surface area contributed by atoms with Crippen LogP contribution in [0.3, 0.4) is 0 Å². The van der Waals surface area contributed by atoms with Crippen molar-refractivity contribution in [2.45, 2.75) is 51.2 Å². The highest BCUT2D eigenvalue weighted by atomic mass is 19.3. The first kappa shape index (κ1) is 14.4. The molecule has 0 saturated carbocycles. The van der Waals surface area contributed by atoms with E-state index < -0.39 is 18.1 Å². The number of carbonyl (C=O) groups is 1. The van der Waals surface area contributed by atoms with Gasteiger partial charge in [0, 0.05) is 19.8 Å². The molecule has 2 aliphatic rings. The molecule has 116 valence electrons. The van der Waals surface area contributed by atoms with Gasteiger partial charge < -0.3 is 10.1 Å². The predicted octanol–water partition coefficient (Wildman–Crippen LogP) is 1.93. The lowest BCUT2D eigenvalue weighted by Gasteiger charge is -2.39. The van der Waals surface area contributed by atoms with Crippen molar-refractivity contribution in [1.82, 2.24) is 15.1 Å². The lowest BCUT2D eigenvalue weighted by molar-refractivity contribution is -0.000244. The third-order valence-electron chi connectivity index (χ3n) is 4.16. The van der Waals surface area contributed by atoms with Crippen LogP contribution in [0.4, 0.5) is 8.78 Å². The first-order chi connectivity index (χ1) is 9.80. The summed E-state index contributed by atoms with van der Waals surface area (Å²) in [5.74, 6) is -2.61. The fraction of sp³-hybridized carbons (Fsp3) is 0.714. The molecule has 1 aromatic rings. The number of halogens is 2. The maximum absolute atomic E-state index is 13.2. The zero-order chi connectivity index (χ0) is 15.3. The summed E-state index contributed by atoms with van der Waals surface area (Å²) >= 11 is 0. The maximum atomic E-state index is 13.2. The number of ketones is 1. The van der Waals surface area contributed by atoms with Gasteiger partial charge in [0.05, 0.1) is 12.1 Å². The van der Waals surface area contributed by atoms with Crippen LogP contribution in [0.25, 0.3) is 0 Å². The topological polar surface area (TPSA) is 56.2 Å². The summed E-state index contributed by atoms with van der Waals surface area (Å²) in [6, 6.07) is 0. The largest absolute Gasteiger partial charge is 0.482 e. The van der Waals surface area contributed by atoms with E-state index >= 15 is 0 Å². The molecular formula is C14H19F2N3O2. The number of nitrogens with one attached hydrogen (secondary N) is 1. The van der Waals surface area contributed by atoms with Gasteiger partial charge in [-0.05, 0) is 20.0 Å². The van der Waals surface area contributed by atoms with E-state index in [9.17, 15) is 13.6 Å². The standard InChI is InChI=1S/C14H19F2N3O2/c1-9-12-11(18-19(9)8-13(2,15)16)10(20)7-14(21-12)3-5-17-6-4-14/h17H,3-8H2,1-2H3. The van der Waals surface area contributed by atoms with Crippen molar-refractivity contribution in [3.05, 3.63) is 11.4 Å². The molecule has 0 amide bonds. The Morgan fingerprint density at radius 3 is 2.71 bits per heavy atom. The van der Waals surface area contributed by atoms with E-state index in [1.165, 1.54) is 4.68 Å². The average molecular weight is 299 g/mol. The molecule has 1 aromatic heterocycles. The Labute approximate surface area is 121 Å². The summed E-state index contributed by atoms with van der Waals surface area (Å²) in [5, 5.41) is 7.28. The molecule has 3 rings (SSSR count). The number of nitrogens with zero attached hydrogens (tertiary/aromatic N) is 2. The number of hydrogen-bond acceptors (Lipinski definition) is 4. The van der Waals surface area contributed by atoms with E-state index in [0.717, 1.165) is 32.9 Å². The van der Waals surface area contributed by atoms with Crippen LogP contribution in [0.15, 0.2) is 0 Å². The molecular weight excluding hydrogens is 280 g/mol. The molecule has 0 atom stereocenters. The van der Waals surface area contributed by atoms with E-state index in [0.29, 0.717) is 11.4 Å². The Balaban J connectivity index is 1.94. The molecule has 0 aliphatic carbocycles. The first-order valence-corrected chi connectivity index (χ1v) is 7.18. The minimum Gasteiger partial charge on any atom is -0.482 e. The highest BCUT2D eigenvalue weighted by Gasteiger charge is 2.44. The van der Waals surface area contributed by atoms with E-state index in [1.807, 2.05) is 0 Å². The number of piperidine rings is 1. The molecule has 5 nitrogen and oxygen atoms in total. The molecule has 0 aromatic carbocycles. The number of aromatic nitrogens is 2. The van der Waals surface area contributed by atoms with Gasteiger partial charge >= 0.3 is 0 Å². The molecule has 7 heteroatoms. The van der Waals surface area contributed by atoms with Crippen LogP contribution >= 0.6 is 0 Å². The van der Waals surface area contributed by atoms with Crippen LogP contribution in [-0.2, 0) is 6.54 Å². The number of alkyl halides is 2. The molecule has 0 unspecified atom stereocenters. The van der Waals surface area contributed by atoms with Crippen LogP contribution < -0.4 is 10.1 Å². The second-order valence-corrected chi connectivity index (χ2v) is 6.13. The van der Waals surface area contributed by atoms with Crippen molar-refractivity contribution in [2.24, 2.45) is 0 Å². The van der Waals surface area contributed by atoms with Gasteiger partial charge in [0.25, 0.3) is 5.92 Å². The van der Waals surface area contributed by atoms with Gasteiger partial charge in [-0.3, -0.25) is 9.48 Å². The number of carbonyl (C=O) groups excluding carboxylic acids is 1. The Morgan fingerprint density at radius 2 is 2.10 bits per heavy atom. The van der Waals surface area contributed by atoms with Crippen LogP contribution in [0.5, 0.6) is 5.75 Å². The number of rotatable bonds is 2. The van der Waals surface area contributed by atoms with Crippen molar-refractivity contribution in [3.8, 4) is 5.75 Å². The minimum atomic E-state index is -2.88. The van der Waals surface area contributed by atoms with E-state index in [-0.39, 0.29) is 17.9 Å². The zero-order valence-electron chi connectivity index (χ0n) is 12.2. The first-order valence-electron chi connectivity index (χ1n) is 7.18. The van der Waals surface area contributed by atoms with Crippen molar-refractivity contribution >= 4 is 5.78 Å². The van der Waals surface area contributed by atoms with E-state index in [4.69, 9.17) is 4.74 Å². The molecule has 3 heterocycles. The van der Waals surface area contributed by atoms with Gasteiger partial charge in [-0.15, -0.1) is 0 Å². The quantitative estimate of drug-likeness (QED) is 0.906. The summed E-state index contributed by atoms with van der Waals surface area (Å²) in [7, 11) is 0. The fourth-order valence-corrected chi connectivity index (χ4v) is 3.04. The maximum Gasteiger partial charge on any atom is 0.264 e. The SMILES string of the molecule is Cc1c2c(nn1CC(C)(F)F)C(=O)CC1(CCNCC1)O2. The Hall–Kier alpha value is -1.50. The van der Waals surface area contributed by atoms with Gasteiger partial charge in [-0.2, -0.15) is 5.10 Å². The van der Waals surface area contributed by atoms with Gasteiger partial charge in [-0.1, -0.05) is 0 Å². The summed E-state index contributed by atoms with van der Waals surface area (Å²) in [6.07, 6.45) is 1.76. The minimum absolute atomic E-state index is 0.112. The normalized spacial score (nSPS) is 21.2. The lowest BCUT2D eigenvalue weighted by Crippen LogP contribution is -2.49. The zero-order valence-corrected chi connectivity index (χ0v) is 12.2. The number of hydrogen-bond donors (Lipinski definition) is 1. The Kier molecular flexibility index (Phi) is 3.27. The van der Waals surface area contributed by atoms with Gasteiger partial charge in [0.1, 0.15) is 12.1 Å². The second-order valence-electron chi connectivity index (χ2n) is 6.13. The molecule has 1 saturated heterocycles. The van der Waals surface area contributed by atoms with E-state index in [2.05, 4.69) is 10.4 Å². The molecule has 2 aliphatic heterocycles. The Bertz CT molecular complexity index is 572. The molecule has 1 N–H and O–H groups in total. The Morgan fingerprint density at radius 1 is 1.43 bits per heavy atom. The smallest absolute Gasteiger partial charge is 0.264 e. The number of ether oxygens (including phenoxy) is 1. The molecule has 0 radical (unpaired) electrons. The number of fused-ring (bicyclic) bond motifs is 1. The molecule has 1 spiro atoms. The average Bonchev–Trinajstić information content (AvgIpc) is 2.67. The molecule has 1 fully saturated rings. The third kappa shape index (κ3) is 2.66. The third-order valence-corrected chi connectivity index (χ3v) is 4.16. The highest BCUT2D eigenvalue weighted by Crippen LogP contribution is 2.40. The van der Waals surface area contributed by atoms with Crippen molar-refractivity contribution < 1.29 is 18.3 Å². The summed E-state index contributed by atoms with van der Waals surface area (Å²) < 4.78 is 33.7. The van der Waals surface area contributed by atoms with Crippen molar-refractivity contribution in [2.75, 3.05) is 13.1 Å². The van der Waals surface area contributed by atoms with E-state index in [1.54, 1.807) is 6.92 Å². The monoisotopic (exact) mass is 299 g/mol. The van der Waals surface area contributed by atoms with Crippen molar-refractivity contribution in [3.63, 3.8) is 0 Å². The van der Waals surface area contributed by atoms with Crippen LogP contribution in [0.1, 0.15) is 42.4 Å². The van der Waals surface area contributed by atoms with Crippen LogP contribution in [0, 0.1) is 6.92 Å². The molecule has 0 bridgehead atoms. The lowest BCUT2D eigenvalue weighted by atomic mass is 9.84. The van der Waals surface area contributed by atoms with Gasteiger partial charge in [0.15, 0.2) is 17.2 Å². The van der Waals surface area contributed by atoms with Crippen LogP contribution in [-0.4, -0.2) is 40.2 Å². The van der Waals surface area contributed by atoms with Gasteiger partial charge in [0.2, 0.25) is 0 Å². The summed E-state index contributed by atoms with van der Waals surface area (Å²) in [5.41, 5.74) is 0.196. The summed E-state index contributed by atoms with van der Waals surface area (Å²) in [6.45, 7) is 3.55. The summed E-state index contributed by atoms with van der Waals surface area (Å²) in [4.78, 5) is 12.3.